The summed E-state index contributed by atoms with van der Waals surface area (Å²) in [5.41, 5.74) is 1.02. The van der Waals surface area contributed by atoms with Crippen molar-refractivity contribution in [3.05, 3.63) is 48.0 Å². The van der Waals surface area contributed by atoms with Gasteiger partial charge in [-0.2, -0.15) is 0 Å². The first-order valence-corrected chi connectivity index (χ1v) is 5.16. The zero-order valence-corrected chi connectivity index (χ0v) is 9.09. The highest BCUT2D eigenvalue weighted by molar-refractivity contribution is 5.68. The summed E-state index contributed by atoms with van der Waals surface area (Å²) in [4.78, 5) is 17.5. The van der Waals surface area contributed by atoms with Crippen LogP contribution in [0.4, 0.5) is 0 Å². The minimum Gasteiger partial charge on any atom is -0.482 e. The fourth-order valence-corrected chi connectivity index (χ4v) is 1.48. The van der Waals surface area contributed by atoms with Crippen LogP contribution in [0.3, 0.4) is 0 Å². The summed E-state index contributed by atoms with van der Waals surface area (Å²) in [5.74, 6) is 0.429. The van der Waals surface area contributed by atoms with Gasteiger partial charge < -0.3 is 14.8 Å². The number of hydrogen-bond acceptors (Lipinski definition) is 3. The van der Waals surface area contributed by atoms with Crippen LogP contribution in [-0.4, -0.2) is 27.7 Å². The van der Waals surface area contributed by atoms with Crippen LogP contribution in [0, 0.1) is 0 Å². The molecule has 0 aliphatic rings. The van der Waals surface area contributed by atoms with Crippen molar-refractivity contribution in [3.63, 3.8) is 0 Å². The van der Waals surface area contributed by atoms with Crippen molar-refractivity contribution in [2.24, 2.45) is 0 Å². The summed E-state index contributed by atoms with van der Waals surface area (Å²) < 4.78 is 5.10. The van der Waals surface area contributed by atoms with Crippen molar-refractivity contribution in [3.8, 4) is 5.75 Å². The van der Waals surface area contributed by atoms with Crippen LogP contribution in [0.5, 0.6) is 5.75 Å². The van der Waals surface area contributed by atoms with E-state index in [1.165, 1.54) is 0 Å². The fourth-order valence-electron chi connectivity index (χ4n) is 1.48. The van der Waals surface area contributed by atoms with Gasteiger partial charge in [-0.3, -0.25) is 0 Å². The topological polar surface area (TPSA) is 75.2 Å². The van der Waals surface area contributed by atoms with Gasteiger partial charge in [-0.1, -0.05) is 12.1 Å². The van der Waals surface area contributed by atoms with E-state index >= 15 is 0 Å². The Morgan fingerprint density at radius 2 is 2.35 bits per heavy atom. The second-order valence-corrected chi connectivity index (χ2v) is 3.54. The van der Waals surface area contributed by atoms with Crippen LogP contribution in [0.1, 0.15) is 11.4 Å². The molecule has 0 fully saturated rings. The first kappa shape index (κ1) is 11.2. The number of carboxylic acids is 1. The molecule has 2 N–H and O–H groups in total. The van der Waals surface area contributed by atoms with Crippen LogP contribution in [0.15, 0.2) is 36.7 Å². The van der Waals surface area contributed by atoms with Crippen LogP contribution in [0.25, 0.3) is 0 Å². The van der Waals surface area contributed by atoms with Gasteiger partial charge >= 0.3 is 5.97 Å². The standard InChI is InChI=1S/C12H12N2O3/c15-12(16)8-17-10-3-1-2-9(6-10)7-11-13-4-5-14-11/h1-6H,7-8H2,(H,13,14)(H,15,16). The summed E-state index contributed by atoms with van der Waals surface area (Å²) in [6.07, 6.45) is 4.12. The third-order valence-corrected chi connectivity index (χ3v) is 2.19. The van der Waals surface area contributed by atoms with Gasteiger partial charge in [0.1, 0.15) is 11.6 Å². The van der Waals surface area contributed by atoms with Gasteiger partial charge in [0.15, 0.2) is 6.61 Å². The molecule has 5 heteroatoms. The lowest BCUT2D eigenvalue weighted by atomic mass is 10.1. The number of carbonyl (C=O) groups is 1. The molecule has 0 amide bonds. The molecule has 1 heterocycles. The number of carboxylic acid groups (broad SMARTS) is 1. The van der Waals surface area contributed by atoms with E-state index in [0.717, 1.165) is 11.4 Å². The average molecular weight is 232 g/mol. The van der Waals surface area contributed by atoms with E-state index in [9.17, 15) is 4.79 Å². The highest BCUT2D eigenvalue weighted by Gasteiger charge is 2.02. The number of hydrogen-bond donors (Lipinski definition) is 2. The van der Waals surface area contributed by atoms with Gasteiger partial charge in [0.05, 0.1) is 0 Å². The van der Waals surface area contributed by atoms with Crippen molar-refractivity contribution in [1.82, 2.24) is 9.97 Å². The Bertz CT molecular complexity index is 494. The molecule has 2 aromatic rings. The van der Waals surface area contributed by atoms with Crippen molar-refractivity contribution in [1.29, 1.82) is 0 Å². The Balaban J connectivity index is 2.03. The summed E-state index contributed by atoms with van der Waals surface area (Å²) in [6.45, 7) is -0.329. The predicted octanol–water partition coefficient (Wildman–Crippen LogP) is 1.46. The summed E-state index contributed by atoms with van der Waals surface area (Å²) in [7, 11) is 0. The molecule has 0 saturated carbocycles. The van der Waals surface area contributed by atoms with Gasteiger partial charge in [0.2, 0.25) is 0 Å². The Hall–Kier alpha value is -2.30. The summed E-state index contributed by atoms with van der Waals surface area (Å²) in [6, 6.07) is 7.31. The second kappa shape index (κ2) is 5.16. The number of aromatic amines is 1. The molecule has 2 rings (SSSR count). The zero-order valence-electron chi connectivity index (χ0n) is 9.09. The molecule has 17 heavy (non-hydrogen) atoms. The SMILES string of the molecule is O=C(O)COc1cccc(Cc2ncc[nH]2)c1. The molecule has 0 unspecified atom stereocenters. The minimum absolute atomic E-state index is 0.329. The molecule has 5 nitrogen and oxygen atoms in total. The highest BCUT2D eigenvalue weighted by Crippen LogP contribution is 2.15. The Labute approximate surface area is 98.1 Å². The number of benzene rings is 1. The third-order valence-electron chi connectivity index (χ3n) is 2.19. The van der Waals surface area contributed by atoms with Gasteiger partial charge in [-0.25, -0.2) is 9.78 Å². The Kier molecular flexibility index (Phi) is 3.40. The molecule has 88 valence electrons. The lowest BCUT2D eigenvalue weighted by Crippen LogP contribution is -2.09. The normalized spacial score (nSPS) is 10.1. The smallest absolute Gasteiger partial charge is 0.341 e. The summed E-state index contributed by atoms with van der Waals surface area (Å²) in [5, 5.41) is 8.51. The minimum atomic E-state index is -0.985. The zero-order chi connectivity index (χ0) is 12.1. The van der Waals surface area contributed by atoms with E-state index in [1.54, 1.807) is 18.5 Å². The van der Waals surface area contributed by atoms with E-state index in [4.69, 9.17) is 9.84 Å². The quantitative estimate of drug-likeness (QED) is 0.818. The van der Waals surface area contributed by atoms with E-state index in [-0.39, 0.29) is 6.61 Å². The number of imidazole rings is 1. The van der Waals surface area contributed by atoms with Crippen molar-refractivity contribution >= 4 is 5.97 Å². The molecule has 0 aliphatic heterocycles. The van der Waals surface area contributed by atoms with E-state index in [0.29, 0.717) is 12.2 Å². The van der Waals surface area contributed by atoms with Gasteiger partial charge in [-0.15, -0.1) is 0 Å². The molecule has 0 bridgehead atoms. The maximum atomic E-state index is 10.4. The molecular formula is C12H12N2O3. The van der Waals surface area contributed by atoms with Crippen molar-refractivity contribution in [2.75, 3.05) is 6.61 Å². The maximum absolute atomic E-state index is 10.4. The first-order valence-electron chi connectivity index (χ1n) is 5.16. The van der Waals surface area contributed by atoms with Crippen molar-refractivity contribution in [2.45, 2.75) is 6.42 Å². The van der Waals surface area contributed by atoms with Crippen LogP contribution < -0.4 is 4.74 Å². The van der Waals surface area contributed by atoms with E-state index < -0.39 is 5.97 Å². The van der Waals surface area contributed by atoms with Gasteiger partial charge in [0, 0.05) is 18.8 Å². The molecule has 0 saturated heterocycles. The highest BCUT2D eigenvalue weighted by atomic mass is 16.5. The third kappa shape index (κ3) is 3.34. The Morgan fingerprint density at radius 1 is 1.47 bits per heavy atom. The molecule has 0 spiro atoms. The maximum Gasteiger partial charge on any atom is 0.341 e. The van der Waals surface area contributed by atoms with E-state index in [1.807, 2.05) is 18.2 Å². The molecule has 0 atom stereocenters. The monoisotopic (exact) mass is 232 g/mol. The molecular weight excluding hydrogens is 220 g/mol. The largest absolute Gasteiger partial charge is 0.482 e. The van der Waals surface area contributed by atoms with Gasteiger partial charge in [0.25, 0.3) is 0 Å². The van der Waals surface area contributed by atoms with Gasteiger partial charge in [-0.05, 0) is 17.7 Å². The summed E-state index contributed by atoms with van der Waals surface area (Å²) >= 11 is 0. The molecule has 1 aromatic heterocycles. The van der Waals surface area contributed by atoms with Crippen LogP contribution in [-0.2, 0) is 11.2 Å². The van der Waals surface area contributed by atoms with E-state index in [2.05, 4.69) is 9.97 Å². The molecule has 0 aliphatic carbocycles. The molecule has 1 aromatic carbocycles. The number of nitrogens with one attached hydrogen (secondary N) is 1. The average Bonchev–Trinajstić information content (AvgIpc) is 2.80. The lowest BCUT2D eigenvalue weighted by Gasteiger charge is -2.05. The lowest BCUT2D eigenvalue weighted by molar-refractivity contribution is -0.139. The molecule has 0 radical (unpaired) electrons. The number of aliphatic carboxylic acids is 1. The Morgan fingerprint density at radius 3 is 3.06 bits per heavy atom. The van der Waals surface area contributed by atoms with Crippen molar-refractivity contribution < 1.29 is 14.6 Å². The van der Waals surface area contributed by atoms with Crippen LogP contribution in [0.2, 0.25) is 0 Å². The fraction of sp³-hybridized carbons (Fsp3) is 0.167. The van der Waals surface area contributed by atoms with Crippen LogP contribution >= 0.6 is 0 Å². The second-order valence-electron chi connectivity index (χ2n) is 3.54. The number of ether oxygens (including phenoxy) is 1. The number of aromatic nitrogens is 2. The predicted molar refractivity (Wildman–Crippen MR) is 61.0 cm³/mol. The number of nitrogens with zero attached hydrogens (tertiary/aromatic N) is 1. The number of H-pyrrole nitrogens is 1. The first-order chi connectivity index (χ1) is 8.24. The number of rotatable bonds is 5.